The van der Waals surface area contributed by atoms with Crippen molar-refractivity contribution in [3.8, 4) is 5.75 Å². The van der Waals surface area contributed by atoms with Crippen LogP contribution in [0, 0.1) is 6.92 Å². The largest absolute Gasteiger partial charge is 0.487 e. The number of aryl methyl sites for hydroxylation is 2. The first-order valence-electron chi connectivity index (χ1n) is 11.2. The van der Waals surface area contributed by atoms with Gasteiger partial charge in [-0.2, -0.15) is 9.78 Å². The Balaban J connectivity index is 1.59. The minimum absolute atomic E-state index is 0.196. The third-order valence-electron chi connectivity index (χ3n) is 5.42. The first-order valence-corrected chi connectivity index (χ1v) is 12.3. The van der Waals surface area contributed by atoms with Crippen LogP contribution in [0.4, 0.5) is 0 Å². The summed E-state index contributed by atoms with van der Waals surface area (Å²) in [4.78, 5) is 17.9. The van der Waals surface area contributed by atoms with Crippen LogP contribution in [0.3, 0.4) is 0 Å². The maximum absolute atomic E-state index is 13.2. The minimum Gasteiger partial charge on any atom is -0.487 e. The number of ether oxygens (including phenoxy) is 1. The second kappa shape index (κ2) is 11.0. The quantitative estimate of drug-likeness (QED) is 0.229. The monoisotopic (exact) mass is 537 g/mol. The van der Waals surface area contributed by atoms with E-state index in [-0.39, 0.29) is 5.56 Å². The van der Waals surface area contributed by atoms with Gasteiger partial charge in [0.25, 0.3) is 5.56 Å². The van der Waals surface area contributed by atoms with Gasteiger partial charge < -0.3 is 4.74 Å². The molecule has 0 fully saturated rings. The zero-order valence-electron chi connectivity index (χ0n) is 19.1. The zero-order chi connectivity index (χ0) is 24.1. The van der Waals surface area contributed by atoms with Gasteiger partial charge in [0, 0.05) is 10.9 Å². The molecule has 1 heterocycles. The van der Waals surface area contributed by atoms with Crippen molar-refractivity contribution in [2.75, 3.05) is 0 Å². The molecule has 0 bridgehead atoms. The number of nitrogens with zero attached hydrogens (tertiary/aromatic N) is 3. The van der Waals surface area contributed by atoms with Crippen molar-refractivity contribution in [1.29, 1.82) is 0 Å². The molecule has 0 aliphatic carbocycles. The molecule has 0 aliphatic heterocycles. The van der Waals surface area contributed by atoms with Crippen molar-refractivity contribution in [3.05, 3.63) is 103 Å². The maximum atomic E-state index is 13.2. The van der Waals surface area contributed by atoms with Crippen LogP contribution in [0.1, 0.15) is 42.3 Å². The summed E-state index contributed by atoms with van der Waals surface area (Å²) < 4.78 is 8.09. The predicted molar refractivity (Wildman–Crippen MR) is 142 cm³/mol. The van der Waals surface area contributed by atoms with Gasteiger partial charge in [-0.3, -0.25) is 4.79 Å². The standard InChI is InChI=1S/C27H25BrClN3O2/c1-3-4-5-26-31-24-12-11-21(28)15-22(24)27(33)32(26)30-16-20-10-13-25(23(29)14-20)34-17-19-8-6-18(2)7-9-19/h6-16H,3-5,17H2,1-2H3. The van der Waals surface area contributed by atoms with E-state index < -0.39 is 0 Å². The Morgan fingerprint density at radius 2 is 1.91 bits per heavy atom. The zero-order valence-corrected chi connectivity index (χ0v) is 21.4. The summed E-state index contributed by atoms with van der Waals surface area (Å²) in [5.74, 6) is 1.24. The third-order valence-corrected chi connectivity index (χ3v) is 6.21. The first-order chi connectivity index (χ1) is 16.4. The lowest BCUT2D eigenvalue weighted by molar-refractivity contribution is 0.306. The number of halogens is 2. The Kier molecular flexibility index (Phi) is 7.80. The normalized spacial score (nSPS) is 11.4. The lowest BCUT2D eigenvalue weighted by atomic mass is 10.2. The lowest BCUT2D eigenvalue weighted by Crippen LogP contribution is -2.22. The molecule has 0 unspecified atom stereocenters. The lowest BCUT2D eigenvalue weighted by Gasteiger charge is -2.10. The van der Waals surface area contributed by atoms with Crippen LogP contribution >= 0.6 is 27.5 Å². The van der Waals surface area contributed by atoms with Crippen molar-refractivity contribution < 1.29 is 4.74 Å². The topological polar surface area (TPSA) is 56.5 Å². The summed E-state index contributed by atoms with van der Waals surface area (Å²) >= 11 is 9.89. The van der Waals surface area contributed by atoms with Gasteiger partial charge in [-0.05, 0) is 60.9 Å². The maximum Gasteiger partial charge on any atom is 0.282 e. The van der Waals surface area contributed by atoms with Gasteiger partial charge in [0.05, 0.1) is 22.1 Å². The van der Waals surface area contributed by atoms with Crippen LogP contribution in [0.2, 0.25) is 5.02 Å². The van der Waals surface area contributed by atoms with E-state index in [0.717, 1.165) is 28.4 Å². The molecule has 0 saturated heterocycles. The molecule has 3 aromatic carbocycles. The van der Waals surface area contributed by atoms with Gasteiger partial charge in [0.2, 0.25) is 0 Å². The van der Waals surface area contributed by atoms with E-state index in [9.17, 15) is 4.79 Å². The molecule has 0 radical (unpaired) electrons. The molecule has 5 nitrogen and oxygen atoms in total. The number of unbranched alkanes of at least 4 members (excludes halogenated alkanes) is 1. The summed E-state index contributed by atoms with van der Waals surface area (Å²) in [6.07, 6.45) is 4.21. The summed E-state index contributed by atoms with van der Waals surface area (Å²) in [6, 6.07) is 19.1. The van der Waals surface area contributed by atoms with Crippen molar-refractivity contribution in [2.45, 2.75) is 39.7 Å². The SMILES string of the molecule is CCCCc1nc2ccc(Br)cc2c(=O)n1N=Cc1ccc(OCc2ccc(C)cc2)c(Cl)c1. The van der Waals surface area contributed by atoms with Gasteiger partial charge >= 0.3 is 0 Å². The molecule has 4 rings (SSSR count). The molecule has 0 N–H and O–H groups in total. The van der Waals surface area contributed by atoms with E-state index >= 15 is 0 Å². The molecule has 7 heteroatoms. The van der Waals surface area contributed by atoms with Crippen LogP contribution in [0.25, 0.3) is 10.9 Å². The van der Waals surface area contributed by atoms with E-state index in [1.165, 1.54) is 10.2 Å². The highest BCUT2D eigenvalue weighted by Gasteiger charge is 2.11. The molecule has 0 aliphatic rings. The van der Waals surface area contributed by atoms with Gasteiger partial charge in [0.15, 0.2) is 0 Å². The molecule has 0 amide bonds. The summed E-state index contributed by atoms with van der Waals surface area (Å²) in [7, 11) is 0. The smallest absolute Gasteiger partial charge is 0.282 e. The highest BCUT2D eigenvalue weighted by molar-refractivity contribution is 9.10. The number of fused-ring (bicyclic) bond motifs is 1. The van der Waals surface area contributed by atoms with E-state index in [4.69, 9.17) is 21.3 Å². The Hall–Kier alpha value is -2.96. The molecule has 1 aromatic heterocycles. The molecule has 4 aromatic rings. The van der Waals surface area contributed by atoms with E-state index in [1.807, 2.05) is 36.4 Å². The fourth-order valence-corrected chi connectivity index (χ4v) is 4.10. The Bertz CT molecular complexity index is 1400. The molecule has 0 atom stereocenters. The molecule has 174 valence electrons. The third kappa shape index (κ3) is 5.75. The fraction of sp³-hybridized carbons (Fsp3) is 0.222. The number of rotatable bonds is 8. The van der Waals surface area contributed by atoms with Gasteiger partial charge in [-0.25, -0.2) is 4.98 Å². The summed E-state index contributed by atoms with van der Waals surface area (Å²) in [6.45, 7) is 4.59. The highest BCUT2D eigenvalue weighted by Crippen LogP contribution is 2.26. The van der Waals surface area contributed by atoms with E-state index in [2.05, 4.69) is 47.0 Å². The van der Waals surface area contributed by atoms with E-state index in [0.29, 0.717) is 40.5 Å². The Morgan fingerprint density at radius 3 is 2.65 bits per heavy atom. The number of aromatic nitrogens is 2. The van der Waals surface area contributed by atoms with Gasteiger partial charge in [-0.15, -0.1) is 0 Å². The molecule has 0 spiro atoms. The summed E-state index contributed by atoms with van der Waals surface area (Å²) in [5.41, 5.74) is 3.51. The van der Waals surface area contributed by atoms with Gasteiger partial charge in [0.1, 0.15) is 18.2 Å². The van der Waals surface area contributed by atoms with Gasteiger partial charge in [-0.1, -0.05) is 70.7 Å². The summed E-state index contributed by atoms with van der Waals surface area (Å²) in [5, 5.41) is 5.48. The number of benzene rings is 3. The fourth-order valence-electron chi connectivity index (χ4n) is 3.49. The van der Waals surface area contributed by atoms with Crippen LogP contribution in [0.15, 0.2) is 75.0 Å². The van der Waals surface area contributed by atoms with Crippen LogP contribution < -0.4 is 10.3 Å². The van der Waals surface area contributed by atoms with Crippen LogP contribution in [-0.4, -0.2) is 15.9 Å². The average Bonchev–Trinajstić information content (AvgIpc) is 2.83. The average molecular weight is 539 g/mol. The van der Waals surface area contributed by atoms with Crippen molar-refractivity contribution in [1.82, 2.24) is 9.66 Å². The first kappa shape index (κ1) is 24.2. The molecule has 34 heavy (non-hydrogen) atoms. The Labute approximate surface area is 212 Å². The number of hydrogen-bond acceptors (Lipinski definition) is 4. The predicted octanol–water partition coefficient (Wildman–Crippen LogP) is 6.92. The van der Waals surface area contributed by atoms with Crippen LogP contribution in [-0.2, 0) is 13.0 Å². The van der Waals surface area contributed by atoms with E-state index in [1.54, 1.807) is 18.3 Å². The molecule has 0 saturated carbocycles. The van der Waals surface area contributed by atoms with Crippen molar-refractivity contribution in [3.63, 3.8) is 0 Å². The molecular formula is C27H25BrClN3O2. The Morgan fingerprint density at radius 1 is 1.12 bits per heavy atom. The minimum atomic E-state index is -0.196. The second-order valence-corrected chi connectivity index (χ2v) is 9.44. The highest BCUT2D eigenvalue weighted by atomic mass is 79.9. The van der Waals surface area contributed by atoms with Crippen LogP contribution in [0.5, 0.6) is 5.75 Å². The molecular weight excluding hydrogens is 514 g/mol. The van der Waals surface area contributed by atoms with Crippen molar-refractivity contribution in [2.24, 2.45) is 5.10 Å². The number of hydrogen-bond donors (Lipinski definition) is 0. The van der Waals surface area contributed by atoms with Crippen molar-refractivity contribution >= 4 is 44.6 Å². The second-order valence-electron chi connectivity index (χ2n) is 8.12.